The van der Waals surface area contributed by atoms with E-state index in [-0.39, 0.29) is 28.5 Å². The summed E-state index contributed by atoms with van der Waals surface area (Å²) in [7, 11) is 0. The number of amides is 3. The number of benzene rings is 2. The standard InChI is InChI=1S/C23H24N2O5/c1-4-15-5-8-17(9-6-15)24-20(26)13-30-23(29)16-7-10-18-19(11-16)22(28)25(21(18)27)12-14(2)3/h5-11,14H,4,12-13H2,1-3H3,(H,24,26). The Kier molecular flexibility index (Phi) is 6.30. The normalized spacial score (nSPS) is 12.9. The van der Waals surface area contributed by atoms with Crippen LogP contribution in [0.15, 0.2) is 42.5 Å². The second-order valence-corrected chi connectivity index (χ2v) is 7.55. The molecule has 0 unspecified atom stereocenters. The molecule has 156 valence electrons. The van der Waals surface area contributed by atoms with Crippen molar-refractivity contribution in [2.45, 2.75) is 27.2 Å². The number of esters is 1. The summed E-state index contributed by atoms with van der Waals surface area (Å²) >= 11 is 0. The third-order valence-corrected chi connectivity index (χ3v) is 4.73. The van der Waals surface area contributed by atoms with E-state index < -0.39 is 24.4 Å². The molecule has 0 atom stereocenters. The molecule has 0 spiro atoms. The maximum atomic E-state index is 12.5. The number of hydrogen-bond acceptors (Lipinski definition) is 5. The molecule has 1 aliphatic rings. The lowest BCUT2D eigenvalue weighted by Gasteiger charge is -2.15. The Hall–Kier alpha value is -3.48. The van der Waals surface area contributed by atoms with Gasteiger partial charge in [-0.3, -0.25) is 19.3 Å². The fourth-order valence-electron chi connectivity index (χ4n) is 3.18. The van der Waals surface area contributed by atoms with Gasteiger partial charge in [-0.1, -0.05) is 32.9 Å². The van der Waals surface area contributed by atoms with Gasteiger partial charge in [0.25, 0.3) is 17.7 Å². The highest BCUT2D eigenvalue weighted by molar-refractivity contribution is 6.22. The van der Waals surface area contributed by atoms with Gasteiger partial charge in [-0.05, 0) is 48.2 Å². The van der Waals surface area contributed by atoms with Crippen LogP contribution >= 0.6 is 0 Å². The third-order valence-electron chi connectivity index (χ3n) is 4.73. The highest BCUT2D eigenvalue weighted by Crippen LogP contribution is 2.25. The summed E-state index contributed by atoms with van der Waals surface area (Å²) in [6.45, 7) is 5.71. The molecule has 0 saturated carbocycles. The number of hydrogen-bond donors (Lipinski definition) is 1. The van der Waals surface area contributed by atoms with E-state index >= 15 is 0 Å². The van der Waals surface area contributed by atoms with Gasteiger partial charge >= 0.3 is 5.97 Å². The molecule has 2 aromatic rings. The fourth-order valence-corrected chi connectivity index (χ4v) is 3.18. The number of carbonyl (C=O) groups is 4. The Balaban J connectivity index is 1.61. The molecule has 7 nitrogen and oxygen atoms in total. The van der Waals surface area contributed by atoms with Crippen molar-refractivity contribution in [1.29, 1.82) is 0 Å². The lowest BCUT2D eigenvalue weighted by molar-refractivity contribution is -0.119. The molecule has 0 aromatic heterocycles. The second-order valence-electron chi connectivity index (χ2n) is 7.55. The van der Waals surface area contributed by atoms with Crippen LogP contribution in [-0.2, 0) is 16.0 Å². The number of aryl methyl sites for hydroxylation is 1. The number of carbonyl (C=O) groups excluding carboxylic acids is 4. The van der Waals surface area contributed by atoms with Crippen LogP contribution in [-0.4, -0.2) is 41.7 Å². The first-order valence-corrected chi connectivity index (χ1v) is 9.86. The van der Waals surface area contributed by atoms with Gasteiger partial charge in [-0.15, -0.1) is 0 Å². The predicted molar refractivity (Wildman–Crippen MR) is 111 cm³/mol. The zero-order valence-corrected chi connectivity index (χ0v) is 17.2. The molecule has 2 aromatic carbocycles. The van der Waals surface area contributed by atoms with Gasteiger partial charge in [0.1, 0.15) is 0 Å². The van der Waals surface area contributed by atoms with Gasteiger partial charge in [-0.25, -0.2) is 4.79 Å². The van der Waals surface area contributed by atoms with E-state index in [4.69, 9.17) is 4.74 Å². The molecule has 1 aliphatic heterocycles. The summed E-state index contributed by atoms with van der Waals surface area (Å²) in [4.78, 5) is 50.4. The fraction of sp³-hybridized carbons (Fsp3) is 0.304. The molecule has 0 radical (unpaired) electrons. The zero-order chi connectivity index (χ0) is 21.8. The van der Waals surface area contributed by atoms with Crippen LogP contribution in [0.5, 0.6) is 0 Å². The van der Waals surface area contributed by atoms with Gasteiger partial charge in [0.15, 0.2) is 6.61 Å². The molecule has 3 amide bonds. The van der Waals surface area contributed by atoms with Gasteiger partial charge in [0, 0.05) is 12.2 Å². The van der Waals surface area contributed by atoms with Crippen LogP contribution in [0, 0.1) is 5.92 Å². The summed E-state index contributed by atoms with van der Waals surface area (Å²) in [6.07, 6.45) is 0.899. The number of nitrogens with zero attached hydrogens (tertiary/aromatic N) is 1. The lowest BCUT2D eigenvalue weighted by Crippen LogP contribution is -2.33. The largest absolute Gasteiger partial charge is 0.452 e. The zero-order valence-electron chi connectivity index (χ0n) is 17.2. The Morgan fingerprint density at radius 3 is 2.30 bits per heavy atom. The number of nitrogens with one attached hydrogen (secondary N) is 1. The maximum absolute atomic E-state index is 12.5. The van der Waals surface area contributed by atoms with Crippen LogP contribution in [0.2, 0.25) is 0 Å². The van der Waals surface area contributed by atoms with E-state index in [0.717, 1.165) is 12.0 Å². The Morgan fingerprint density at radius 1 is 1.00 bits per heavy atom. The van der Waals surface area contributed by atoms with Crippen LogP contribution in [0.1, 0.15) is 57.4 Å². The van der Waals surface area contributed by atoms with Crippen molar-refractivity contribution in [2.24, 2.45) is 5.92 Å². The number of fused-ring (bicyclic) bond motifs is 1. The van der Waals surface area contributed by atoms with E-state index in [2.05, 4.69) is 5.32 Å². The lowest BCUT2D eigenvalue weighted by atomic mass is 10.1. The van der Waals surface area contributed by atoms with Crippen molar-refractivity contribution in [3.8, 4) is 0 Å². The highest BCUT2D eigenvalue weighted by Gasteiger charge is 2.36. The molecule has 0 aliphatic carbocycles. The average molecular weight is 408 g/mol. The SMILES string of the molecule is CCc1ccc(NC(=O)COC(=O)c2ccc3c(c2)C(=O)N(CC(C)C)C3=O)cc1. The maximum Gasteiger partial charge on any atom is 0.338 e. The third kappa shape index (κ3) is 4.56. The molecule has 1 N–H and O–H groups in total. The first-order valence-electron chi connectivity index (χ1n) is 9.86. The van der Waals surface area contributed by atoms with Crippen LogP contribution in [0.4, 0.5) is 5.69 Å². The van der Waals surface area contributed by atoms with Gasteiger partial charge < -0.3 is 10.1 Å². The van der Waals surface area contributed by atoms with Crippen molar-refractivity contribution < 1.29 is 23.9 Å². The first-order chi connectivity index (χ1) is 14.3. The second kappa shape index (κ2) is 8.90. The van der Waals surface area contributed by atoms with Gasteiger partial charge in [0.05, 0.1) is 16.7 Å². The summed E-state index contributed by atoms with van der Waals surface area (Å²) in [5, 5.41) is 2.66. The highest BCUT2D eigenvalue weighted by atomic mass is 16.5. The number of anilines is 1. The Labute approximate surface area is 175 Å². The number of imide groups is 1. The first kappa shape index (κ1) is 21.2. The number of rotatable bonds is 7. The summed E-state index contributed by atoms with van der Waals surface area (Å²) in [6, 6.07) is 11.6. The molecular formula is C23H24N2O5. The topological polar surface area (TPSA) is 92.8 Å². The van der Waals surface area contributed by atoms with E-state index in [0.29, 0.717) is 12.2 Å². The molecule has 0 saturated heterocycles. The van der Waals surface area contributed by atoms with Gasteiger partial charge in [-0.2, -0.15) is 0 Å². The smallest absolute Gasteiger partial charge is 0.338 e. The van der Waals surface area contributed by atoms with Crippen molar-refractivity contribution in [3.63, 3.8) is 0 Å². The predicted octanol–water partition coefficient (Wildman–Crippen LogP) is 3.30. The van der Waals surface area contributed by atoms with E-state index in [1.54, 1.807) is 12.1 Å². The summed E-state index contributed by atoms with van der Waals surface area (Å²) in [5.74, 6) is -1.86. The molecule has 7 heteroatoms. The minimum Gasteiger partial charge on any atom is -0.452 e. The van der Waals surface area contributed by atoms with Crippen molar-refractivity contribution in [1.82, 2.24) is 4.90 Å². The Bertz CT molecular complexity index is 995. The summed E-state index contributed by atoms with van der Waals surface area (Å²) in [5.41, 5.74) is 2.32. The Morgan fingerprint density at radius 2 is 1.67 bits per heavy atom. The van der Waals surface area contributed by atoms with Crippen LogP contribution in [0.25, 0.3) is 0 Å². The summed E-state index contributed by atoms with van der Waals surface area (Å²) < 4.78 is 5.06. The van der Waals surface area contributed by atoms with E-state index in [1.807, 2.05) is 32.9 Å². The van der Waals surface area contributed by atoms with Crippen LogP contribution < -0.4 is 5.32 Å². The average Bonchev–Trinajstić information content (AvgIpc) is 2.96. The molecular weight excluding hydrogens is 384 g/mol. The van der Waals surface area contributed by atoms with Crippen LogP contribution in [0.3, 0.4) is 0 Å². The van der Waals surface area contributed by atoms with Crippen molar-refractivity contribution in [2.75, 3.05) is 18.5 Å². The minimum absolute atomic E-state index is 0.112. The quantitative estimate of drug-likeness (QED) is 0.561. The molecule has 0 fully saturated rings. The minimum atomic E-state index is -0.739. The van der Waals surface area contributed by atoms with E-state index in [9.17, 15) is 19.2 Å². The van der Waals surface area contributed by atoms with E-state index in [1.165, 1.54) is 23.1 Å². The number of ether oxygens (including phenoxy) is 1. The molecule has 0 bridgehead atoms. The van der Waals surface area contributed by atoms with Crippen molar-refractivity contribution >= 4 is 29.4 Å². The molecule has 30 heavy (non-hydrogen) atoms. The monoisotopic (exact) mass is 408 g/mol. The molecule has 3 rings (SSSR count). The van der Waals surface area contributed by atoms with Gasteiger partial charge in [0.2, 0.25) is 0 Å². The van der Waals surface area contributed by atoms with Crippen molar-refractivity contribution in [3.05, 3.63) is 64.7 Å². The molecule has 1 heterocycles.